The third kappa shape index (κ3) is 2.85. The molecular weight excluding hydrogens is 244 g/mol. The number of carbonyl (C=O) groups excluding carboxylic acids is 2. The minimum atomic E-state index is -0.821. The molecule has 102 valence electrons. The lowest BCUT2D eigenvalue weighted by molar-refractivity contribution is -0.125. The monoisotopic (exact) mass is 262 g/mol. The second kappa shape index (κ2) is 5.27. The molecule has 1 aliphatic heterocycles. The standard InChI is InChI=1S/C13H18N4O2/c1-8(12(18)16-13(15)19)17-6-5-10-9(7-17)3-2-4-11(10)14/h2-4,8H,5-7,14H2,1H3,(H3,15,16,18,19). The van der Waals surface area contributed by atoms with Crippen LogP contribution in [0.2, 0.25) is 0 Å². The number of primary amides is 1. The van der Waals surface area contributed by atoms with E-state index in [1.165, 1.54) is 0 Å². The summed E-state index contributed by atoms with van der Waals surface area (Å²) in [6.07, 6.45) is 0.802. The van der Waals surface area contributed by atoms with Gasteiger partial charge in [0.2, 0.25) is 5.91 Å². The highest BCUT2D eigenvalue weighted by Crippen LogP contribution is 2.25. The number of anilines is 1. The first kappa shape index (κ1) is 13.4. The molecule has 0 aliphatic carbocycles. The average Bonchev–Trinajstić information content (AvgIpc) is 2.37. The number of carbonyl (C=O) groups is 2. The van der Waals surface area contributed by atoms with Crippen LogP contribution in [-0.2, 0) is 17.8 Å². The number of fused-ring (bicyclic) bond motifs is 1. The molecule has 1 unspecified atom stereocenters. The van der Waals surface area contributed by atoms with Crippen LogP contribution in [-0.4, -0.2) is 29.4 Å². The highest BCUT2D eigenvalue weighted by molar-refractivity contribution is 5.96. The van der Waals surface area contributed by atoms with Crippen LogP contribution < -0.4 is 16.8 Å². The summed E-state index contributed by atoms with van der Waals surface area (Å²) < 4.78 is 0. The molecule has 1 heterocycles. The number of imide groups is 1. The molecule has 5 N–H and O–H groups in total. The van der Waals surface area contributed by atoms with Crippen molar-refractivity contribution >= 4 is 17.6 Å². The van der Waals surface area contributed by atoms with E-state index in [1.807, 2.05) is 23.1 Å². The van der Waals surface area contributed by atoms with Crippen LogP contribution in [0.1, 0.15) is 18.1 Å². The van der Waals surface area contributed by atoms with E-state index < -0.39 is 12.1 Å². The Balaban J connectivity index is 2.09. The Kier molecular flexibility index (Phi) is 3.71. The molecule has 1 aliphatic rings. The zero-order chi connectivity index (χ0) is 14.0. The Hall–Kier alpha value is -2.08. The summed E-state index contributed by atoms with van der Waals surface area (Å²) >= 11 is 0. The van der Waals surface area contributed by atoms with Crippen molar-refractivity contribution in [1.29, 1.82) is 0 Å². The van der Waals surface area contributed by atoms with E-state index >= 15 is 0 Å². The first-order valence-corrected chi connectivity index (χ1v) is 6.19. The van der Waals surface area contributed by atoms with Crippen molar-refractivity contribution < 1.29 is 9.59 Å². The van der Waals surface area contributed by atoms with Gasteiger partial charge >= 0.3 is 6.03 Å². The predicted molar refractivity (Wildman–Crippen MR) is 72.2 cm³/mol. The lowest BCUT2D eigenvalue weighted by Crippen LogP contribution is -2.49. The predicted octanol–water partition coefficient (Wildman–Crippen LogP) is 0.210. The third-order valence-electron chi connectivity index (χ3n) is 3.51. The van der Waals surface area contributed by atoms with Gasteiger partial charge in [0.1, 0.15) is 0 Å². The van der Waals surface area contributed by atoms with E-state index in [2.05, 4.69) is 5.32 Å². The van der Waals surface area contributed by atoms with Gasteiger partial charge in [-0.3, -0.25) is 15.0 Å². The fraction of sp³-hybridized carbons (Fsp3) is 0.385. The number of benzene rings is 1. The average molecular weight is 262 g/mol. The minimum Gasteiger partial charge on any atom is -0.398 e. The Morgan fingerprint density at radius 3 is 2.84 bits per heavy atom. The van der Waals surface area contributed by atoms with E-state index in [0.29, 0.717) is 6.54 Å². The highest BCUT2D eigenvalue weighted by atomic mass is 16.2. The Labute approximate surface area is 111 Å². The van der Waals surface area contributed by atoms with Crippen molar-refractivity contribution in [3.63, 3.8) is 0 Å². The minimum absolute atomic E-state index is 0.375. The highest BCUT2D eigenvalue weighted by Gasteiger charge is 2.26. The first-order chi connectivity index (χ1) is 8.99. The van der Waals surface area contributed by atoms with Gasteiger partial charge in [0, 0.05) is 18.8 Å². The molecule has 1 aromatic rings. The van der Waals surface area contributed by atoms with Crippen LogP contribution >= 0.6 is 0 Å². The molecule has 0 bridgehead atoms. The fourth-order valence-corrected chi connectivity index (χ4v) is 2.38. The van der Waals surface area contributed by atoms with Gasteiger partial charge in [-0.2, -0.15) is 0 Å². The second-order valence-electron chi connectivity index (χ2n) is 4.73. The van der Waals surface area contributed by atoms with Crippen LogP contribution in [0.25, 0.3) is 0 Å². The molecule has 0 spiro atoms. The van der Waals surface area contributed by atoms with E-state index in [4.69, 9.17) is 11.5 Å². The number of hydrogen-bond donors (Lipinski definition) is 3. The van der Waals surface area contributed by atoms with Gasteiger partial charge in [0.05, 0.1) is 6.04 Å². The lowest BCUT2D eigenvalue weighted by atomic mass is 9.97. The normalized spacial score (nSPS) is 16.5. The van der Waals surface area contributed by atoms with Gasteiger partial charge < -0.3 is 11.5 Å². The number of nitrogens with zero attached hydrogens (tertiary/aromatic N) is 1. The van der Waals surface area contributed by atoms with Gasteiger partial charge in [-0.15, -0.1) is 0 Å². The molecule has 0 fully saturated rings. The number of hydrogen-bond acceptors (Lipinski definition) is 4. The van der Waals surface area contributed by atoms with Crippen molar-refractivity contribution in [3.8, 4) is 0 Å². The van der Waals surface area contributed by atoms with Crippen LogP contribution in [0.15, 0.2) is 18.2 Å². The van der Waals surface area contributed by atoms with Crippen LogP contribution in [0.3, 0.4) is 0 Å². The molecule has 1 aromatic carbocycles. The number of nitrogen functional groups attached to an aromatic ring is 1. The van der Waals surface area contributed by atoms with Crippen LogP contribution in [0, 0.1) is 0 Å². The van der Waals surface area contributed by atoms with Crippen molar-refractivity contribution in [1.82, 2.24) is 10.2 Å². The van der Waals surface area contributed by atoms with Crippen LogP contribution in [0.5, 0.6) is 0 Å². The van der Waals surface area contributed by atoms with Crippen molar-refractivity contribution in [2.24, 2.45) is 5.73 Å². The van der Waals surface area contributed by atoms with E-state index in [9.17, 15) is 9.59 Å². The molecule has 0 aromatic heterocycles. The molecule has 0 radical (unpaired) electrons. The molecule has 1 atom stereocenters. The van der Waals surface area contributed by atoms with E-state index in [1.54, 1.807) is 6.92 Å². The molecule has 3 amide bonds. The summed E-state index contributed by atoms with van der Waals surface area (Å²) in [7, 11) is 0. The number of rotatable bonds is 2. The Morgan fingerprint density at radius 2 is 2.16 bits per heavy atom. The summed E-state index contributed by atoms with van der Waals surface area (Å²) in [4.78, 5) is 24.4. The first-order valence-electron chi connectivity index (χ1n) is 6.19. The van der Waals surface area contributed by atoms with Gasteiger partial charge in [0.25, 0.3) is 0 Å². The van der Waals surface area contributed by atoms with Crippen molar-refractivity contribution in [3.05, 3.63) is 29.3 Å². The molecule has 19 heavy (non-hydrogen) atoms. The quantitative estimate of drug-likeness (QED) is 0.663. The summed E-state index contributed by atoms with van der Waals surface area (Å²) in [5, 5.41) is 2.11. The molecule has 6 heteroatoms. The fourth-order valence-electron chi connectivity index (χ4n) is 2.38. The molecule has 2 rings (SSSR count). The molecular formula is C13H18N4O2. The van der Waals surface area contributed by atoms with Crippen molar-refractivity contribution in [2.75, 3.05) is 12.3 Å². The Bertz CT molecular complexity index is 515. The van der Waals surface area contributed by atoms with Gasteiger partial charge in [-0.05, 0) is 30.5 Å². The number of nitrogens with one attached hydrogen (secondary N) is 1. The second-order valence-corrected chi connectivity index (χ2v) is 4.73. The maximum absolute atomic E-state index is 11.8. The zero-order valence-corrected chi connectivity index (χ0v) is 10.8. The molecule has 6 nitrogen and oxygen atoms in total. The number of urea groups is 1. The van der Waals surface area contributed by atoms with E-state index in [-0.39, 0.29) is 5.91 Å². The van der Waals surface area contributed by atoms with Gasteiger partial charge in [0.15, 0.2) is 0 Å². The summed E-state index contributed by atoms with van der Waals surface area (Å²) in [6.45, 7) is 3.14. The third-order valence-corrected chi connectivity index (χ3v) is 3.51. The largest absolute Gasteiger partial charge is 0.398 e. The maximum atomic E-state index is 11.8. The summed E-state index contributed by atoms with van der Waals surface area (Å²) in [6, 6.07) is 4.58. The maximum Gasteiger partial charge on any atom is 0.318 e. The number of amides is 3. The van der Waals surface area contributed by atoms with E-state index in [0.717, 1.165) is 29.8 Å². The molecule has 0 saturated carbocycles. The summed E-state index contributed by atoms with van der Waals surface area (Å²) in [5.41, 5.74) is 14.0. The topological polar surface area (TPSA) is 101 Å². The SMILES string of the molecule is CC(C(=O)NC(N)=O)N1CCc2c(N)cccc2C1. The number of nitrogens with two attached hydrogens (primary N) is 2. The van der Waals surface area contributed by atoms with Gasteiger partial charge in [-0.1, -0.05) is 12.1 Å². The van der Waals surface area contributed by atoms with Gasteiger partial charge in [-0.25, -0.2) is 4.79 Å². The summed E-state index contributed by atoms with van der Waals surface area (Å²) in [5.74, 6) is -0.375. The van der Waals surface area contributed by atoms with Crippen molar-refractivity contribution in [2.45, 2.75) is 25.9 Å². The van der Waals surface area contributed by atoms with Crippen LogP contribution in [0.4, 0.5) is 10.5 Å². The molecule has 0 saturated heterocycles. The Morgan fingerprint density at radius 1 is 1.42 bits per heavy atom. The zero-order valence-electron chi connectivity index (χ0n) is 10.8. The smallest absolute Gasteiger partial charge is 0.318 e. The lowest BCUT2D eigenvalue weighted by Gasteiger charge is -2.33.